The lowest BCUT2D eigenvalue weighted by Gasteiger charge is -2.12. The normalized spacial score (nSPS) is 10.7. The molecule has 3 aromatic rings. The summed E-state index contributed by atoms with van der Waals surface area (Å²) in [6.45, 7) is 3.90. The minimum Gasteiger partial charge on any atom is -0.497 e. The molecule has 3 rings (SSSR count). The number of hydrogen-bond donors (Lipinski definition) is 1. The third-order valence-electron chi connectivity index (χ3n) is 3.99. The smallest absolute Gasteiger partial charge is 0.234 e. The molecule has 5 nitrogen and oxygen atoms in total. The quantitative estimate of drug-likeness (QED) is 0.598. The van der Waals surface area contributed by atoms with E-state index in [9.17, 15) is 4.79 Å². The predicted molar refractivity (Wildman–Crippen MR) is 110 cm³/mol. The van der Waals surface area contributed by atoms with Gasteiger partial charge in [0.2, 0.25) is 5.91 Å². The third-order valence-corrected chi connectivity index (χ3v) is 5.25. The van der Waals surface area contributed by atoms with Crippen molar-refractivity contribution in [3.8, 4) is 11.4 Å². The summed E-state index contributed by atoms with van der Waals surface area (Å²) in [7, 11) is 1.63. The zero-order chi connectivity index (χ0) is 19.4. The molecular formula is C20H20ClN3O2S. The number of nitrogens with one attached hydrogen (secondary N) is 1. The summed E-state index contributed by atoms with van der Waals surface area (Å²) in [5.74, 6) is 0.896. The standard InChI is InChI=1S/C20H20ClN3O2S/c1-13-10-14(2)19(17(21)11-13)23-18(25)12-27-20-22-8-9-24(20)15-4-6-16(26-3)7-5-15/h4-11H,12H2,1-3H3,(H,23,25). The van der Waals surface area contributed by atoms with E-state index in [1.54, 1.807) is 13.3 Å². The molecule has 7 heteroatoms. The van der Waals surface area contributed by atoms with Gasteiger partial charge in [-0.3, -0.25) is 9.36 Å². The van der Waals surface area contributed by atoms with Crippen molar-refractivity contribution in [3.63, 3.8) is 0 Å². The molecule has 0 saturated carbocycles. The first-order chi connectivity index (χ1) is 13.0. The van der Waals surface area contributed by atoms with E-state index < -0.39 is 0 Å². The Hall–Kier alpha value is -2.44. The lowest BCUT2D eigenvalue weighted by Crippen LogP contribution is -2.15. The molecule has 0 aliphatic carbocycles. The summed E-state index contributed by atoms with van der Waals surface area (Å²) in [5.41, 5.74) is 3.62. The first kappa shape index (κ1) is 19.3. The lowest BCUT2D eigenvalue weighted by atomic mass is 10.1. The van der Waals surface area contributed by atoms with Gasteiger partial charge in [0.25, 0.3) is 0 Å². The molecule has 0 atom stereocenters. The van der Waals surface area contributed by atoms with Crippen molar-refractivity contribution in [2.45, 2.75) is 19.0 Å². The monoisotopic (exact) mass is 401 g/mol. The van der Waals surface area contributed by atoms with E-state index in [1.807, 2.05) is 61.0 Å². The fourth-order valence-corrected chi connectivity index (χ4v) is 3.86. The zero-order valence-electron chi connectivity index (χ0n) is 15.3. The number of methoxy groups -OCH3 is 1. The van der Waals surface area contributed by atoms with Crippen molar-refractivity contribution >= 4 is 35.0 Å². The van der Waals surface area contributed by atoms with Crippen molar-refractivity contribution in [3.05, 3.63) is 64.9 Å². The first-order valence-corrected chi connectivity index (χ1v) is 9.71. The second kappa shape index (κ2) is 8.50. The number of ether oxygens (including phenoxy) is 1. The maximum atomic E-state index is 12.4. The Balaban J connectivity index is 1.67. The molecular weight excluding hydrogens is 382 g/mol. The molecule has 0 aliphatic heterocycles. The summed E-state index contributed by atoms with van der Waals surface area (Å²) < 4.78 is 7.12. The molecule has 0 aliphatic rings. The number of anilines is 1. The van der Waals surface area contributed by atoms with Crippen LogP contribution in [0.2, 0.25) is 5.02 Å². The Bertz CT molecular complexity index is 931. The second-order valence-corrected chi connectivity index (χ2v) is 7.40. The van der Waals surface area contributed by atoms with Crippen LogP contribution in [0.4, 0.5) is 5.69 Å². The highest BCUT2D eigenvalue weighted by Gasteiger charge is 2.12. The average Bonchev–Trinajstić information content (AvgIpc) is 3.11. The number of halogens is 1. The van der Waals surface area contributed by atoms with E-state index in [-0.39, 0.29) is 11.7 Å². The summed E-state index contributed by atoms with van der Waals surface area (Å²) in [5, 5.41) is 4.18. The summed E-state index contributed by atoms with van der Waals surface area (Å²) in [6, 6.07) is 11.5. The van der Waals surface area contributed by atoms with Gasteiger partial charge in [-0.1, -0.05) is 29.4 Å². The second-order valence-electron chi connectivity index (χ2n) is 6.05. The Morgan fingerprint density at radius 2 is 2.00 bits per heavy atom. The van der Waals surface area contributed by atoms with Gasteiger partial charge in [-0.05, 0) is 55.3 Å². The number of thioether (sulfide) groups is 1. The Labute approximate surface area is 167 Å². The molecule has 1 N–H and O–H groups in total. The first-order valence-electron chi connectivity index (χ1n) is 8.35. The van der Waals surface area contributed by atoms with Gasteiger partial charge in [0.15, 0.2) is 5.16 Å². The van der Waals surface area contributed by atoms with E-state index >= 15 is 0 Å². The zero-order valence-corrected chi connectivity index (χ0v) is 16.9. The van der Waals surface area contributed by atoms with Crippen LogP contribution in [-0.4, -0.2) is 28.3 Å². The van der Waals surface area contributed by atoms with Gasteiger partial charge in [-0.25, -0.2) is 4.98 Å². The van der Waals surface area contributed by atoms with Crippen LogP contribution in [0.25, 0.3) is 5.69 Å². The van der Waals surface area contributed by atoms with Gasteiger partial charge in [-0.15, -0.1) is 0 Å². The predicted octanol–water partition coefficient (Wildman–Crippen LogP) is 4.88. The molecule has 140 valence electrons. The maximum Gasteiger partial charge on any atom is 0.234 e. The minimum atomic E-state index is -0.127. The van der Waals surface area contributed by atoms with Crippen LogP contribution in [-0.2, 0) is 4.79 Å². The highest BCUT2D eigenvalue weighted by Crippen LogP contribution is 2.28. The van der Waals surface area contributed by atoms with Crippen LogP contribution in [0.5, 0.6) is 5.75 Å². The van der Waals surface area contributed by atoms with Crippen molar-refractivity contribution < 1.29 is 9.53 Å². The van der Waals surface area contributed by atoms with E-state index in [1.165, 1.54) is 11.8 Å². The largest absolute Gasteiger partial charge is 0.497 e. The fraction of sp³-hybridized carbons (Fsp3) is 0.200. The SMILES string of the molecule is COc1ccc(-n2ccnc2SCC(=O)Nc2c(C)cc(C)cc2Cl)cc1. The Kier molecular flexibility index (Phi) is 6.08. The maximum absolute atomic E-state index is 12.4. The van der Waals surface area contributed by atoms with E-state index in [4.69, 9.17) is 16.3 Å². The van der Waals surface area contributed by atoms with E-state index in [2.05, 4.69) is 10.3 Å². The highest BCUT2D eigenvalue weighted by atomic mass is 35.5. The third kappa shape index (κ3) is 4.64. The van der Waals surface area contributed by atoms with Crippen LogP contribution < -0.4 is 10.1 Å². The number of amides is 1. The van der Waals surface area contributed by atoms with Gasteiger partial charge in [0.05, 0.1) is 23.6 Å². The number of carbonyl (C=O) groups is 1. The molecule has 0 fully saturated rings. The van der Waals surface area contributed by atoms with Crippen LogP contribution >= 0.6 is 23.4 Å². The topological polar surface area (TPSA) is 56.2 Å². The van der Waals surface area contributed by atoms with Crippen LogP contribution in [0.15, 0.2) is 53.9 Å². The minimum absolute atomic E-state index is 0.127. The Morgan fingerprint density at radius 3 is 2.67 bits per heavy atom. The molecule has 0 saturated heterocycles. The lowest BCUT2D eigenvalue weighted by molar-refractivity contribution is -0.113. The van der Waals surface area contributed by atoms with Crippen molar-refractivity contribution in [2.75, 3.05) is 18.2 Å². The number of rotatable bonds is 6. The van der Waals surface area contributed by atoms with Gasteiger partial charge in [0, 0.05) is 18.1 Å². The molecule has 27 heavy (non-hydrogen) atoms. The molecule has 0 radical (unpaired) electrons. The number of nitrogens with zero attached hydrogens (tertiary/aromatic N) is 2. The van der Waals surface area contributed by atoms with Crippen LogP contribution in [0.1, 0.15) is 11.1 Å². The highest BCUT2D eigenvalue weighted by molar-refractivity contribution is 7.99. The number of aryl methyl sites for hydroxylation is 2. The molecule has 2 aromatic carbocycles. The fourth-order valence-electron chi connectivity index (χ4n) is 2.72. The molecule has 0 unspecified atom stereocenters. The van der Waals surface area contributed by atoms with Gasteiger partial charge in [-0.2, -0.15) is 0 Å². The number of aromatic nitrogens is 2. The number of imidazole rings is 1. The van der Waals surface area contributed by atoms with Crippen LogP contribution in [0, 0.1) is 13.8 Å². The van der Waals surface area contributed by atoms with Crippen molar-refractivity contribution in [1.82, 2.24) is 9.55 Å². The number of carbonyl (C=O) groups excluding carboxylic acids is 1. The van der Waals surface area contributed by atoms with Gasteiger partial charge in [0.1, 0.15) is 5.75 Å². The molecule has 0 bridgehead atoms. The van der Waals surface area contributed by atoms with Crippen molar-refractivity contribution in [1.29, 1.82) is 0 Å². The Morgan fingerprint density at radius 1 is 1.26 bits per heavy atom. The summed E-state index contributed by atoms with van der Waals surface area (Å²) >= 11 is 7.63. The van der Waals surface area contributed by atoms with Crippen LogP contribution in [0.3, 0.4) is 0 Å². The van der Waals surface area contributed by atoms with Gasteiger partial charge < -0.3 is 10.1 Å². The number of hydrogen-bond acceptors (Lipinski definition) is 4. The average molecular weight is 402 g/mol. The van der Waals surface area contributed by atoms with Crippen molar-refractivity contribution in [2.24, 2.45) is 0 Å². The van der Waals surface area contributed by atoms with Gasteiger partial charge >= 0.3 is 0 Å². The molecule has 1 aromatic heterocycles. The van der Waals surface area contributed by atoms with E-state index in [0.717, 1.165) is 27.7 Å². The van der Waals surface area contributed by atoms with E-state index in [0.29, 0.717) is 10.7 Å². The summed E-state index contributed by atoms with van der Waals surface area (Å²) in [6.07, 6.45) is 3.58. The summed E-state index contributed by atoms with van der Waals surface area (Å²) in [4.78, 5) is 16.7. The molecule has 1 amide bonds. The number of benzene rings is 2. The molecule has 1 heterocycles. The molecule has 0 spiro atoms.